The first-order chi connectivity index (χ1) is 23.8. The Morgan fingerprint density at radius 3 is 1.63 bits per heavy atom. The van der Waals surface area contributed by atoms with Crippen molar-refractivity contribution in [2.45, 2.75) is 79.1 Å². The van der Waals surface area contributed by atoms with E-state index in [1.807, 2.05) is 12.2 Å². The zero-order valence-corrected chi connectivity index (χ0v) is 35.9. The summed E-state index contributed by atoms with van der Waals surface area (Å²) >= 11 is 1.44. The van der Waals surface area contributed by atoms with E-state index in [4.69, 9.17) is 0 Å². The number of allylic oxidation sites excluding steroid dienone is 4. The first-order valence-electron chi connectivity index (χ1n) is 17.8. The van der Waals surface area contributed by atoms with Crippen LogP contribution in [0.5, 0.6) is 0 Å². The summed E-state index contributed by atoms with van der Waals surface area (Å²) in [4.78, 5) is 0. The second-order valence-electron chi connectivity index (χ2n) is 15.6. The van der Waals surface area contributed by atoms with Crippen molar-refractivity contribution in [3.05, 3.63) is 178 Å². The molecule has 0 radical (unpaired) electrons. The van der Waals surface area contributed by atoms with Crippen LogP contribution in [-0.2, 0) is 41.5 Å². The predicted octanol–water partition coefficient (Wildman–Crippen LogP) is 13.5. The monoisotopic (exact) mass is 798 g/mol. The molecular weight excluding hydrogens is 751 g/mol. The molecule has 0 atom stereocenters. The third-order valence-electron chi connectivity index (χ3n) is 9.78. The van der Waals surface area contributed by atoms with E-state index >= 15 is 0 Å². The van der Waals surface area contributed by atoms with E-state index in [0.29, 0.717) is 0 Å². The minimum atomic E-state index is 0. The molecule has 52 heavy (non-hydrogen) atoms. The third-order valence-corrected chi connectivity index (χ3v) is 11.1. The zero-order valence-electron chi connectivity index (χ0n) is 31.8. The Balaban J connectivity index is 0.000000198. The average molecular weight is 801 g/mol. The van der Waals surface area contributed by atoms with Crippen LogP contribution >= 0.6 is 24.8 Å². The van der Waals surface area contributed by atoms with Crippen molar-refractivity contribution < 1.29 is 24.2 Å². The molecule has 0 aliphatic heterocycles. The molecule has 6 aromatic rings. The molecule has 0 fully saturated rings. The molecule has 0 aromatic heterocycles. The summed E-state index contributed by atoms with van der Waals surface area (Å²) < 4.78 is 1.42. The van der Waals surface area contributed by atoms with Gasteiger partial charge in [0.05, 0.1) is 0 Å². The van der Waals surface area contributed by atoms with Gasteiger partial charge >= 0.3 is 145 Å². The van der Waals surface area contributed by atoms with E-state index in [-0.39, 0.29) is 35.6 Å². The SMILES string of the molecule is Cc1[c-]c2c(cc1C(C)(C)C)-c1cc(C(C)(C)C)c(C)cc1C2.Cl.Cl.[C-]1=CC=CC1.[Zr+2]=[C](c1cccc2ccccc12)c1cccc2ccccc12. The van der Waals surface area contributed by atoms with Crippen LogP contribution in [-0.4, -0.2) is 3.21 Å². The van der Waals surface area contributed by atoms with Crippen molar-refractivity contribution >= 4 is 49.6 Å². The molecular formula is C49H50Cl2Zr. The van der Waals surface area contributed by atoms with E-state index in [1.165, 1.54) is 105 Å². The van der Waals surface area contributed by atoms with Crippen molar-refractivity contribution in [2.75, 3.05) is 0 Å². The van der Waals surface area contributed by atoms with E-state index in [1.54, 1.807) is 0 Å². The number of hydrogen-bond donors (Lipinski definition) is 0. The van der Waals surface area contributed by atoms with Crippen molar-refractivity contribution in [3.8, 4) is 11.1 Å². The Hall–Kier alpha value is -3.35. The summed E-state index contributed by atoms with van der Waals surface area (Å²) in [5.41, 5.74) is 14.3. The molecule has 264 valence electrons. The molecule has 3 heteroatoms. The molecule has 0 amide bonds. The van der Waals surface area contributed by atoms with E-state index in [0.717, 1.165) is 12.8 Å². The number of fused-ring (bicyclic) bond motifs is 5. The van der Waals surface area contributed by atoms with Crippen molar-refractivity contribution in [2.24, 2.45) is 0 Å². The summed E-state index contributed by atoms with van der Waals surface area (Å²) in [6.45, 7) is 18.2. The molecule has 0 spiro atoms. The van der Waals surface area contributed by atoms with Crippen LogP contribution in [0.1, 0.15) is 92.5 Å². The van der Waals surface area contributed by atoms with Gasteiger partial charge in [-0.25, -0.2) is 12.2 Å². The van der Waals surface area contributed by atoms with Gasteiger partial charge in [0.1, 0.15) is 0 Å². The fourth-order valence-electron chi connectivity index (χ4n) is 7.39. The van der Waals surface area contributed by atoms with Crippen molar-refractivity contribution in [1.82, 2.24) is 0 Å². The van der Waals surface area contributed by atoms with Gasteiger partial charge in [0.25, 0.3) is 0 Å². The van der Waals surface area contributed by atoms with Gasteiger partial charge in [-0.3, -0.25) is 6.08 Å². The summed E-state index contributed by atoms with van der Waals surface area (Å²) in [7, 11) is 0. The molecule has 0 saturated heterocycles. The molecule has 2 aliphatic carbocycles. The Labute approximate surface area is 339 Å². The summed E-state index contributed by atoms with van der Waals surface area (Å²) in [6.07, 6.45) is 11.0. The Morgan fingerprint density at radius 1 is 0.635 bits per heavy atom. The van der Waals surface area contributed by atoms with E-state index in [9.17, 15) is 0 Å². The molecule has 6 aromatic carbocycles. The molecule has 0 N–H and O–H groups in total. The summed E-state index contributed by atoms with van der Waals surface area (Å²) in [5, 5.41) is 5.29. The predicted molar refractivity (Wildman–Crippen MR) is 228 cm³/mol. The molecule has 0 saturated carbocycles. The van der Waals surface area contributed by atoms with E-state index in [2.05, 4.69) is 177 Å². The molecule has 0 heterocycles. The van der Waals surface area contributed by atoms with Gasteiger partial charge in [-0.1, -0.05) is 71.6 Å². The minimum absolute atomic E-state index is 0. The average Bonchev–Trinajstić information content (AvgIpc) is 3.78. The molecule has 0 unspecified atom stereocenters. The third kappa shape index (κ3) is 9.05. The van der Waals surface area contributed by atoms with Crippen LogP contribution in [0.4, 0.5) is 0 Å². The maximum absolute atomic E-state index is 3.69. The van der Waals surface area contributed by atoms with Gasteiger partial charge in [0.2, 0.25) is 0 Å². The van der Waals surface area contributed by atoms with Crippen LogP contribution < -0.4 is 0 Å². The Bertz CT molecular complexity index is 2110. The number of aryl methyl sites for hydroxylation is 2. The van der Waals surface area contributed by atoms with Gasteiger partial charge in [-0.2, -0.15) is 23.8 Å². The van der Waals surface area contributed by atoms with Crippen LogP contribution in [0.3, 0.4) is 0 Å². The topological polar surface area (TPSA) is 0 Å². The van der Waals surface area contributed by atoms with Gasteiger partial charge < -0.3 is 0 Å². The zero-order chi connectivity index (χ0) is 35.6. The molecule has 0 nitrogen and oxygen atoms in total. The number of hydrogen-bond acceptors (Lipinski definition) is 0. The van der Waals surface area contributed by atoms with Gasteiger partial charge in [-0.15, -0.1) is 47.9 Å². The standard InChI is InChI=1S/C23H29.C21H14.C5H5.2ClH.Zr/c1-14-9-16-11-17-10-15(2)21(23(6,7)8)13-19(17)18(16)12-20(14)22(3,4)5;1-3-13-20-16(7-1)9-5-11-18(20)15-19-12-6-10-17-8-2-4-14-21(17)19;1-2-4-5-3-1;;;/h9,12-13H,11H2,1-8H3;1-14H;1-3H,4H2;2*1H;/q-1;;-1;;;+2. The van der Waals surface area contributed by atoms with Crippen LogP contribution in [0.25, 0.3) is 32.7 Å². The van der Waals surface area contributed by atoms with Crippen LogP contribution in [0.15, 0.2) is 121 Å². The fraction of sp³-hybridized carbons (Fsp3) is 0.245. The van der Waals surface area contributed by atoms with Gasteiger partial charge in [0.15, 0.2) is 0 Å². The maximum atomic E-state index is 3.69. The van der Waals surface area contributed by atoms with Crippen LogP contribution in [0, 0.1) is 26.0 Å². The number of benzene rings is 6. The quantitative estimate of drug-likeness (QED) is 0.153. The Kier molecular flexibility index (Phi) is 13.7. The van der Waals surface area contributed by atoms with Crippen LogP contribution in [0.2, 0.25) is 0 Å². The Morgan fingerprint density at radius 2 is 1.15 bits per heavy atom. The second-order valence-corrected chi connectivity index (χ2v) is 16.9. The number of rotatable bonds is 2. The van der Waals surface area contributed by atoms with Crippen molar-refractivity contribution in [3.63, 3.8) is 0 Å². The van der Waals surface area contributed by atoms with Gasteiger partial charge in [0, 0.05) is 0 Å². The summed E-state index contributed by atoms with van der Waals surface area (Å²) in [6, 6.07) is 41.4. The summed E-state index contributed by atoms with van der Waals surface area (Å²) in [5.74, 6) is 0. The fourth-order valence-corrected chi connectivity index (χ4v) is 8.47. The molecule has 2 aliphatic rings. The number of halogens is 2. The second kappa shape index (κ2) is 17.2. The van der Waals surface area contributed by atoms with Crippen molar-refractivity contribution in [1.29, 1.82) is 0 Å². The first-order valence-corrected chi connectivity index (χ1v) is 19.0. The normalized spacial score (nSPS) is 12.5. The molecule has 8 rings (SSSR count). The van der Waals surface area contributed by atoms with E-state index < -0.39 is 0 Å². The first kappa shape index (κ1) is 41.4. The molecule has 0 bridgehead atoms. The van der Waals surface area contributed by atoms with Gasteiger partial charge in [-0.05, 0) is 35.4 Å².